The van der Waals surface area contributed by atoms with Crippen molar-refractivity contribution in [1.82, 2.24) is 5.32 Å². The van der Waals surface area contributed by atoms with Crippen molar-refractivity contribution in [3.63, 3.8) is 0 Å². The number of benzene rings is 2. The van der Waals surface area contributed by atoms with E-state index in [9.17, 15) is 4.39 Å². The molecule has 0 aliphatic heterocycles. The maximum Gasteiger partial charge on any atom is 0.137 e. The smallest absolute Gasteiger partial charge is 0.137 e. The highest BCUT2D eigenvalue weighted by atomic mass is 79.9. The summed E-state index contributed by atoms with van der Waals surface area (Å²) in [6.07, 6.45) is 0.665. The van der Waals surface area contributed by atoms with Crippen molar-refractivity contribution in [3.8, 4) is 0 Å². The first kappa shape index (κ1) is 14.5. The third-order valence-electron chi connectivity index (χ3n) is 3.08. The lowest BCUT2D eigenvalue weighted by Crippen LogP contribution is -2.19. The van der Waals surface area contributed by atoms with Crippen LogP contribution in [-0.4, -0.2) is 7.05 Å². The van der Waals surface area contributed by atoms with E-state index in [0.717, 1.165) is 16.1 Å². The Kier molecular flexibility index (Phi) is 4.97. The van der Waals surface area contributed by atoms with Crippen LogP contribution < -0.4 is 5.32 Å². The van der Waals surface area contributed by atoms with Gasteiger partial charge in [0.15, 0.2) is 0 Å². The molecular weight excluding hydrogens is 329 g/mol. The Bertz CT molecular complexity index is 574. The Labute approximate surface area is 125 Å². The predicted molar refractivity (Wildman–Crippen MR) is 81.1 cm³/mol. The molecule has 2 rings (SSSR count). The zero-order chi connectivity index (χ0) is 13.8. The molecule has 2 aromatic rings. The maximum absolute atomic E-state index is 13.5. The van der Waals surface area contributed by atoms with Gasteiger partial charge in [0.25, 0.3) is 0 Å². The van der Waals surface area contributed by atoms with Gasteiger partial charge in [-0.3, -0.25) is 0 Å². The van der Waals surface area contributed by atoms with Crippen LogP contribution >= 0.6 is 27.5 Å². The van der Waals surface area contributed by atoms with E-state index in [1.54, 1.807) is 6.07 Å². The largest absolute Gasteiger partial charge is 0.313 e. The molecule has 0 saturated carbocycles. The summed E-state index contributed by atoms with van der Waals surface area (Å²) in [6, 6.07) is 12.8. The molecular formula is C15H14BrClFN. The first-order chi connectivity index (χ1) is 9.13. The molecule has 0 amide bonds. The van der Waals surface area contributed by atoms with Crippen LogP contribution in [0.2, 0.25) is 5.02 Å². The summed E-state index contributed by atoms with van der Waals surface area (Å²) in [5.41, 5.74) is 1.93. The first-order valence-corrected chi connectivity index (χ1v) is 7.15. The molecule has 0 aliphatic carbocycles. The SMILES string of the molecule is CNC(Cc1cccc(F)c1Br)c1ccccc1Cl. The standard InChI is InChI=1S/C15H14BrClFN/c1-19-14(11-6-2-3-7-12(11)17)9-10-5-4-8-13(18)15(10)16/h2-8,14,19H,9H2,1H3. The Hall–Kier alpha value is -0.900. The van der Waals surface area contributed by atoms with Crippen molar-refractivity contribution >= 4 is 27.5 Å². The van der Waals surface area contributed by atoms with Crippen LogP contribution in [0.5, 0.6) is 0 Å². The molecule has 100 valence electrons. The first-order valence-electron chi connectivity index (χ1n) is 5.98. The summed E-state index contributed by atoms with van der Waals surface area (Å²) < 4.78 is 14.0. The molecule has 0 saturated heterocycles. The highest BCUT2D eigenvalue weighted by Gasteiger charge is 2.15. The fourth-order valence-electron chi connectivity index (χ4n) is 2.05. The van der Waals surface area contributed by atoms with Gasteiger partial charge in [-0.2, -0.15) is 0 Å². The highest BCUT2D eigenvalue weighted by Crippen LogP contribution is 2.29. The van der Waals surface area contributed by atoms with Gasteiger partial charge in [-0.25, -0.2) is 4.39 Å². The van der Waals surface area contributed by atoms with Crippen molar-refractivity contribution in [2.75, 3.05) is 7.05 Å². The Balaban J connectivity index is 2.30. The van der Waals surface area contributed by atoms with Crippen LogP contribution in [0, 0.1) is 5.82 Å². The summed E-state index contributed by atoms with van der Waals surface area (Å²) >= 11 is 9.50. The molecule has 4 heteroatoms. The Morgan fingerprint density at radius 1 is 1.21 bits per heavy atom. The van der Waals surface area contributed by atoms with Gasteiger partial charge >= 0.3 is 0 Å². The summed E-state index contributed by atoms with van der Waals surface area (Å²) in [5.74, 6) is -0.244. The summed E-state index contributed by atoms with van der Waals surface area (Å²) in [5, 5.41) is 3.94. The van der Waals surface area contributed by atoms with Gasteiger partial charge < -0.3 is 5.32 Å². The van der Waals surface area contributed by atoms with E-state index in [2.05, 4.69) is 21.2 Å². The molecule has 1 nitrogen and oxygen atoms in total. The van der Waals surface area contributed by atoms with E-state index in [0.29, 0.717) is 10.9 Å². The maximum atomic E-state index is 13.5. The molecule has 0 radical (unpaired) electrons. The van der Waals surface area contributed by atoms with Crippen molar-refractivity contribution in [2.45, 2.75) is 12.5 Å². The Morgan fingerprint density at radius 3 is 2.63 bits per heavy atom. The van der Waals surface area contributed by atoms with Crippen LogP contribution in [0.3, 0.4) is 0 Å². The van der Waals surface area contributed by atoms with E-state index in [1.807, 2.05) is 37.4 Å². The van der Waals surface area contributed by atoms with Crippen molar-refractivity contribution in [3.05, 3.63) is 68.9 Å². The number of nitrogens with one attached hydrogen (secondary N) is 1. The molecule has 0 spiro atoms. The van der Waals surface area contributed by atoms with Crippen LogP contribution in [0.4, 0.5) is 4.39 Å². The van der Waals surface area contributed by atoms with Crippen LogP contribution in [0.25, 0.3) is 0 Å². The number of hydrogen-bond acceptors (Lipinski definition) is 1. The highest BCUT2D eigenvalue weighted by molar-refractivity contribution is 9.10. The lowest BCUT2D eigenvalue weighted by molar-refractivity contribution is 0.580. The second kappa shape index (κ2) is 6.51. The molecule has 0 bridgehead atoms. The fourth-order valence-corrected chi connectivity index (χ4v) is 2.74. The van der Waals surface area contributed by atoms with Gasteiger partial charge in [-0.05, 0) is 52.7 Å². The number of hydrogen-bond donors (Lipinski definition) is 1. The minimum atomic E-state index is -0.244. The van der Waals surface area contributed by atoms with E-state index in [4.69, 9.17) is 11.6 Å². The molecule has 0 fully saturated rings. The van der Waals surface area contributed by atoms with Gasteiger partial charge in [-0.15, -0.1) is 0 Å². The van der Waals surface area contributed by atoms with Crippen LogP contribution in [0.15, 0.2) is 46.9 Å². The van der Waals surface area contributed by atoms with E-state index >= 15 is 0 Å². The molecule has 0 heterocycles. The molecule has 19 heavy (non-hydrogen) atoms. The van der Waals surface area contributed by atoms with Crippen LogP contribution in [-0.2, 0) is 6.42 Å². The number of halogens is 3. The normalized spacial score (nSPS) is 12.4. The lowest BCUT2D eigenvalue weighted by Gasteiger charge is -2.19. The topological polar surface area (TPSA) is 12.0 Å². The third-order valence-corrected chi connectivity index (χ3v) is 4.32. The number of rotatable bonds is 4. The fraction of sp³-hybridized carbons (Fsp3) is 0.200. The zero-order valence-electron chi connectivity index (χ0n) is 10.5. The monoisotopic (exact) mass is 341 g/mol. The molecule has 2 aromatic carbocycles. The van der Waals surface area contributed by atoms with E-state index < -0.39 is 0 Å². The number of likely N-dealkylation sites (N-methyl/N-ethyl adjacent to an activating group) is 1. The van der Waals surface area contributed by atoms with E-state index in [1.165, 1.54) is 6.07 Å². The quantitative estimate of drug-likeness (QED) is 0.846. The predicted octanol–water partition coefficient (Wildman–Crippen LogP) is 4.74. The molecule has 1 atom stereocenters. The minimum Gasteiger partial charge on any atom is -0.313 e. The van der Waals surface area contributed by atoms with Crippen molar-refractivity contribution < 1.29 is 4.39 Å². The van der Waals surface area contributed by atoms with Gasteiger partial charge in [0.05, 0.1) is 4.47 Å². The summed E-state index contributed by atoms with van der Waals surface area (Å²) in [6.45, 7) is 0. The average molecular weight is 343 g/mol. The second-order valence-corrected chi connectivity index (χ2v) is 5.48. The van der Waals surface area contributed by atoms with Gasteiger partial charge in [0, 0.05) is 11.1 Å². The Morgan fingerprint density at radius 2 is 1.95 bits per heavy atom. The second-order valence-electron chi connectivity index (χ2n) is 4.28. The zero-order valence-corrected chi connectivity index (χ0v) is 12.8. The molecule has 1 N–H and O–H groups in total. The summed E-state index contributed by atoms with van der Waals surface area (Å²) in [7, 11) is 1.88. The molecule has 1 unspecified atom stereocenters. The third kappa shape index (κ3) is 3.35. The van der Waals surface area contributed by atoms with Gasteiger partial charge in [-0.1, -0.05) is 41.9 Å². The van der Waals surface area contributed by atoms with Crippen LogP contribution in [0.1, 0.15) is 17.2 Å². The van der Waals surface area contributed by atoms with Gasteiger partial charge in [0.2, 0.25) is 0 Å². The van der Waals surface area contributed by atoms with Crippen molar-refractivity contribution in [2.24, 2.45) is 0 Å². The minimum absolute atomic E-state index is 0.0480. The van der Waals surface area contributed by atoms with Gasteiger partial charge in [0.1, 0.15) is 5.82 Å². The molecule has 0 aliphatic rings. The molecule has 0 aromatic heterocycles. The summed E-state index contributed by atoms with van der Waals surface area (Å²) in [4.78, 5) is 0. The lowest BCUT2D eigenvalue weighted by atomic mass is 9.99. The van der Waals surface area contributed by atoms with Crippen molar-refractivity contribution in [1.29, 1.82) is 0 Å². The van der Waals surface area contributed by atoms with E-state index in [-0.39, 0.29) is 11.9 Å². The average Bonchev–Trinajstić information content (AvgIpc) is 2.41.